The van der Waals surface area contributed by atoms with Crippen molar-refractivity contribution in [3.63, 3.8) is 0 Å². The van der Waals surface area contributed by atoms with E-state index in [1.807, 2.05) is 0 Å². The number of hydrogen-bond acceptors (Lipinski definition) is 5. The van der Waals surface area contributed by atoms with E-state index in [0.29, 0.717) is 29.4 Å². The van der Waals surface area contributed by atoms with Gasteiger partial charge in [-0.1, -0.05) is 35.5 Å². The highest BCUT2D eigenvalue weighted by Gasteiger charge is 2.31. The molecule has 1 saturated carbocycles. The van der Waals surface area contributed by atoms with Crippen LogP contribution in [0.15, 0.2) is 53.3 Å². The minimum absolute atomic E-state index is 0.329. The molecule has 2 heterocycles. The lowest BCUT2D eigenvalue weighted by Gasteiger charge is -2.09. The maximum absolute atomic E-state index is 5.45. The first-order chi connectivity index (χ1) is 10.9. The second kappa shape index (κ2) is 5.67. The molecule has 4 rings (SSSR count). The molecule has 0 aliphatic heterocycles. The minimum Gasteiger partial charge on any atom is -0.339 e. The normalized spacial score (nSPS) is 21.1. The standard InChI is InChI=1S/C17H16N4O/c1-2-5-12(6-3-1)13-7-8-14(11-13)17-20-16(21-22-17)15-18-9-4-10-19-15/h1-6,9-10,13-14H,7-8,11H2/t13-,14-/m0/s1. The van der Waals surface area contributed by atoms with Crippen molar-refractivity contribution in [2.45, 2.75) is 31.1 Å². The summed E-state index contributed by atoms with van der Waals surface area (Å²) in [5.41, 5.74) is 1.40. The molecule has 0 N–H and O–H groups in total. The summed E-state index contributed by atoms with van der Waals surface area (Å²) in [7, 11) is 0. The summed E-state index contributed by atoms with van der Waals surface area (Å²) in [6, 6.07) is 12.4. The molecule has 110 valence electrons. The first kappa shape index (κ1) is 13.1. The molecule has 0 amide bonds. The highest BCUT2D eigenvalue weighted by atomic mass is 16.5. The van der Waals surface area contributed by atoms with Gasteiger partial charge in [-0.25, -0.2) is 9.97 Å². The monoisotopic (exact) mass is 292 g/mol. The third-order valence-electron chi connectivity index (χ3n) is 4.26. The number of hydrogen-bond donors (Lipinski definition) is 0. The van der Waals surface area contributed by atoms with E-state index in [-0.39, 0.29) is 0 Å². The summed E-state index contributed by atoms with van der Waals surface area (Å²) in [5, 5.41) is 4.02. The molecule has 0 radical (unpaired) electrons. The Bertz CT molecular complexity index is 742. The summed E-state index contributed by atoms with van der Waals surface area (Å²) >= 11 is 0. The van der Waals surface area contributed by atoms with Gasteiger partial charge in [0.2, 0.25) is 17.5 Å². The molecule has 5 nitrogen and oxygen atoms in total. The van der Waals surface area contributed by atoms with E-state index in [2.05, 4.69) is 50.4 Å². The van der Waals surface area contributed by atoms with Gasteiger partial charge in [-0.15, -0.1) is 0 Å². The molecule has 0 unspecified atom stereocenters. The zero-order valence-corrected chi connectivity index (χ0v) is 12.1. The van der Waals surface area contributed by atoms with Gasteiger partial charge in [-0.05, 0) is 36.8 Å². The molecule has 1 aliphatic carbocycles. The average molecular weight is 292 g/mol. The number of benzene rings is 1. The highest BCUT2D eigenvalue weighted by Crippen LogP contribution is 2.43. The van der Waals surface area contributed by atoms with Crippen molar-refractivity contribution >= 4 is 0 Å². The zero-order chi connectivity index (χ0) is 14.8. The average Bonchev–Trinajstić information content (AvgIpc) is 3.26. The Balaban J connectivity index is 1.51. The third-order valence-corrected chi connectivity index (χ3v) is 4.26. The Morgan fingerprint density at radius 2 is 1.64 bits per heavy atom. The van der Waals surface area contributed by atoms with Crippen LogP contribution in [0.25, 0.3) is 11.6 Å². The van der Waals surface area contributed by atoms with E-state index in [0.717, 1.165) is 19.3 Å². The largest absolute Gasteiger partial charge is 0.339 e. The van der Waals surface area contributed by atoms with E-state index in [1.165, 1.54) is 5.56 Å². The van der Waals surface area contributed by atoms with Crippen LogP contribution in [-0.2, 0) is 0 Å². The van der Waals surface area contributed by atoms with Gasteiger partial charge in [0.1, 0.15) is 0 Å². The smallest absolute Gasteiger partial charge is 0.240 e. The van der Waals surface area contributed by atoms with Crippen LogP contribution in [0.1, 0.15) is 42.6 Å². The lowest BCUT2D eigenvalue weighted by molar-refractivity contribution is 0.353. The van der Waals surface area contributed by atoms with Crippen LogP contribution in [0.5, 0.6) is 0 Å². The molecule has 22 heavy (non-hydrogen) atoms. The van der Waals surface area contributed by atoms with Crippen LogP contribution < -0.4 is 0 Å². The molecule has 2 aromatic heterocycles. The molecule has 1 aliphatic rings. The van der Waals surface area contributed by atoms with Crippen molar-refractivity contribution in [2.75, 3.05) is 0 Å². The fraction of sp³-hybridized carbons (Fsp3) is 0.294. The van der Waals surface area contributed by atoms with Gasteiger partial charge < -0.3 is 4.52 Å². The van der Waals surface area contributed by atoms with Crippen LogP contribution in [0, 0.1) is 0 Å². The second-order valence-electron chi connectivity index (χ2n) is 5.65. The van der Waals surface area contributed by atoms with Crippen molar-refractivity contribution in [3.8, 4) is 11.6 Å². The van der Waals surface area contributed by atoms with Crippen molar-refractivity contribution in [1.29, 1.82) is 0 Å². The number of nitrogens with zero attached hydrogens (tertiary/aromatic N) is 4. The molecular formula is C17H16N4O. The fourth-order valence-corrected chi connectivity index (χ4v) is 3.14. The van der Waals surface area contributed by atoms with Crippen LogP contribution in [0.3, 0.4) is 0 Å². The second-order valence-corrected chi connectivity index (χ2v) is 5.65. The Labute approximate surface area is 128 Å². The van der Waals surface area contributed by atoms with Gasteiger partial charge in [0.05, 0.1) is 0 Å². The van der Waals surface area contributed by atoms with E-state index < -0.39 is 0 Å². The van der Waals surface area contributed by atoms with Crippen molar-refractivity contribution in [1.82, 2.24) is 20.1 Å². The predicted octanol–water partition coefficient (Wildman–Crippen LogP) is 3.58. The molecule has 1 fully saturated rings. The molecule has 0 bridgehead atoms. The number of aromatic nitrogens is 4. The molecule has 2 atom stereocenters. The Hall–Kier alpha value is -2.56. The quantitative estimate of drug-likeness (QED) is 0.738. The third kappa shape index (κ3) is 2.50. The lowest BCUT2D eigenvalue weighted by atomic mass is 9.96. The van der Waals surface area contributed by atoms with E-state index in [1.54, 1.807) is 18.5 Å². The molecule has 1 aromatic carbocycles. The van der Waals surface area contributed by atoms with Crippen molar-refractivity contribution in [3.05, 3.63) is 60.2 Å². The Morgan fingerprint density at radius 3 is 2.45 bits per heavy atom. The highest BCUT2D eigenvalue weighted by molar-refractivity contribution is 5.40. The minimum atomic E-state index is 0.329. The molecular weight excluding hydrogens is 276 g/mol. The Morgan fingerprint density at radius 1 is 0.864 bits per heavy atom. The lowest BCUT2D eigenvalue weighted by Crippen LogP contribution is -1.96. The van der Waals surface area contributed by atoms with E-state index in [4.69, 9.17) is 4.52 Å². The predicted molar refractivity (Wildman–Crippen MR) is 81.1 cm³/mol. The van der Waals surface area contributed by atoms with Crippen LogP contribution >= 0.6 is 0 Å². The van der Waals surface area contributed by atoms with Gasteiger partial charge in [0.15, 0.2) is 0 Å². The summed E-state index contributed by atoms with van der Waals surface area (Å²) in [4.78, 5) is 12.8. The van der Waals surface area contributed by atoms with Gasteiger partial charge in [0.25, 0.3) is 0 Å². The maximum Gasteiger partial charge on any atom is 0.240 e. The topological polar surface area (TPSA) is 64.7 Å². The summed E-state index contributed by atoms with van der Waals surface area (Å²) in [6.07, 6.45) is 6.66. The SMILES string of the molecule is c1ccc([C@H]2CC[C@H](c3nc(-c4ncccn4)no3)C2)cc1. The van der Waals surface area contributed by atoms with Gasteiger partial charge in [0, 0.05) is 18.3 Å². The van der Waals surface area contributed by atoms with Crippen LogP contribution in [0.2, 0.25) is 0 Å². The molecule has 0 saturated heterocycles. The van der Waals surface area contributed by atoms with Crippen molar-refractivity contribution in [2.24, 2.45) is 0 Å². The molecule has 5 heteroatoms. The van der Waals surface area contributed by atoms with E-state index >= 15 is 0 Å². The molecule has 0 spiro atoms. The summed E-state index contributed by atoms with van der Waals surface area (Å²) in [5.74, 6) is 2.60. The van der Waals surface area contributed by atoms with E-state index in [9.17, 15) is 0 Å². The van der Waals surface area contributed by atoms with Crippen molar-refractivity contribution < 1.29 is 4.52 Å². The zero-order valence-electron chi connectivity index (χ0n) is 12.1. The van der Waals surface area contributed by atoms with Crippen LogP contribution in [0.4, 0.5) is 0 Å². The fourth-order valence-electron chi connectivity index (χ4n) is 3.14. The van der Waals surface area contributed by atoms with Gasteiger partial charge in [-0.2, -0.15) is 4.98 Å². The Kier molecular flexibility index (Phi) is 3.39. The van der Waals surface area contributed by atoms with Gasteiger partial charge in [-0.3, -0.25) is 0 Å². The first-order valence-corrected chi connectivity index (χ1v) is 7.56. The molecule has 3 aromatic rings. The summed E-state index contributed by atoms with van der Waals surface area (Å²) in [6.45, 7) is 0. The number of rotatable bonds is 3. The summed E-state index contributed by atoms with van der Waals surface area (Å²) < 4.78 is 5.45. The van der Waals surface area contributed by atoms with Crippen LogP contribution in [-0.4, -0.2) is 20.1 Å². The van der Waals surface area contributed by atoms with Gasteiger partial charge >= 0.3 is 0 Å². The first-order valence-electron chi connectivity index (χ1n) is 7.56. The maximum atomic E-state index is 5.45.